The van der Waals surface area contributed by atoms with Gasteiger partial charge in [-0.2, -0.15) is 0 Å². The van der Waals surface area contributed by atoms with Crippen LogP contribution in [-0.2, 0) is 0 Å². The number of Topliss-reactive ketones (excluding diaryl/α,β-unsaturated/α-hetero) is 1. The monoisotopic (exact) mass is 297 g/mol. The summed E-state index contributed by atoms with van der Waals surface area (Å²) in [4.78, 5) is 23.8. The van der Waals surface area contributed by atoms with Crippen LogP contribution in [0.4, 0.5) is 0 Å². The van der Waals surface area contributed by atoms with Crippen molar-refractivity contribution in [3.63, 3.8) is 0 Å². The number of benzene rings is 2. The van der Waals surface area contributed by atoms with Crippen LogP contribution in [0.15, 0.2) is 54.6 Å². The Morgan fingerprint density at radius 2 is 1.64 bits per heavy atom. The summed E-state index contributed by atoms with van der Waals surface area (Å²) in [6, 6.07) is 16.1. The van der Waals surface area contributed by atoms with E-state index in [0.29, 0.717) is 30.5 Å². The second-order valence-corrected chi connectivity index (χ2v) is 4.88. The van der Waals surface area contributed by atoms with Gasteiger partial charge in [0, 0.05) is 24.1 Å². The summed E-state index contributed by atoms with van der Waals surface area (Å²) < 4.78 is 5.06. The zero-order valence-electron chi connectivity index (χ0n) is 12.5. The Morgan fingerprint density at radius 1 is 0.955 bits per heavy atom. The van der Waals surface area contributed by atoms with Crippen molar-refractivity contribution >= 4 is 11.7 Å². The van der Waals surface area contributed by atoms with Gasteiger partial charge in [0.05, 0.1) is 7.11 Å². The van der Waals surface area contributed by atoms with Gasteiger partial charge in [-0.3, -0.25) is 9.59 Å². The van der Waals surface area contributed by atoms with E-state index in [1.54, 1.807) is 43.5 Å². The van der Waals surface area contributed by atoms with Gasteiger partial charge in [-0.05, 0) is 42.8 Å². The highest BCUT2D eigenvalue weighted by Crippen LogP contribution is 2.13. The van der Waals surface area contributed by atoms with Crippen LogP contribution < -0.4 is 10.1 Å². The minimum Gasteiger partial charge on any atom is -0.497 e. The summed E-state index contributed by atoms with van der Waals surface area (Å²) in [5.41, 5.74) is 1.29. The number of carbonyl (C=O) groups is 2. The Hall–Kier alpha value is -2.62. The SMILES string of the molecule is COc1ccc(C(=O)CCCNC(=O)c2ccccc2)cc1. The molecule has 22 heavy (non-hydrogen) atoms. The van der Waals surface area contributed by atoms with Gasteiger partial charge in [-0.15, -0.1) is 0 Å². The molecule has 0 atom stereocenters. The van der Waals surface area contributed by atoms with E-state index in [1.807, 2.05) is 18.2 Å². The van der Waals surface area contributed by atoms with E-state index >= 15 is 0 Å². The van der Waals surface area contributed by atoms with Gasteiger partial charge in [-0.25, -0.2) is 0 Å². The fourth-order valence-corrected chi connectivity index (χ4v) is 2.06. The second kappa shape index (κ2) is 7.98. The van der Waals surface area contributed by atoms with Crippen LogP contribution >= 0.6 is 0 Å². The Labute approximate surface area is 130 Å². The molecule has 0 radical (unpaired) electrons. The summed E-state index contributed by atoms with van der Waals surface area (Å²) in [6.45, 7) is 0.482. The number of nitrogens with one attached hydrogen (secondary N) is 1. The van der Waals surface area contributed by atoms with Crippen molar-refractivity contribution in [2.75, 3.05) is 13.7 Å². The van der Waals surface area contributed by atoms with Gasteiger partial charge >= 0.3 is 0 Å². The number of hydrogen-bond acceptors (Lipinski definition) is 3. The molecule has 1 N–H and O–H groups in total. The molecule has 0 bridgehead atoms. The lowest BCUT2D eigenvalue weighted by Crippen LogP contribution is -2.24. The van der Waals surface area contributed by atoms with Crippen molar-refractivity contribution < 1.29 is 14.3 Å². The molecule has 1 amide bonds. The molecule has 0 aromatic heterocycles. The van der Waals surface area contributed by atoms with Crippen molar-refractivity contribution in [3.8, 4) is 5.75 Å². The van der Waals surface area contributed by atoms with Crippen molar-refractivity contribution in [3.05, 3.63) is 65.7 Å². The van der Waals surface area contributed by atoms with E-state index in [0.717, 1.165) is 5.75 Å². The Kier molecular flexibility index (Phi) is 5.72. The first-order valence-electron chi connectivity index (χ1n) is 7.21. The molecule has 4 heteroatoms. The normalized spacial score (nSPS) is 10.0. The fourth-order valence-electron chi connectivity index (χ4n) is 2.06. The molecule has 0 aliphatic carbocycles. The number of methoxy groups -OCH3 is 1. The fraction of sp³-hybridized carbons (Fsp3) is 0.222. The number of hydrogen-bond donors (Lipinski definition) is 1. The summed E-state index contributed by atoms with van der Waals surface area (Å²) in [5, 5.41) is 2.81. The third kappa shape index (κ3) is 4.45. The lowest BCUT2D eigenvalue weighted by Gasteiger charge is -2.05. The van der Waals surface area contributed by atoms with Gasteiger partial charge in [0.1, 0.15) is 5.75 Å². The number of amides is 1. The van der Waals surface area contributed by atoms with E-state index in [4.69, 9.17) is 4.74 Å². The van der Waals surface area contributed by atoms with Crippen molar-refractivity contribution in [2.24, 2.45) is 0 Å². The maximum atomic E-state index is 12.0. The maximum absolute atomic E-state index is 12.0. The van der Waals surface area contributed by atoms with Crippen molar-refractivity contribution in [1.82, 2.24) is 5.32 Å². The van der Waals surface area contributed by atoms with Crippen LogP contribution in [0.3, 0.4) is 0 Å². The number of ketones is 1. The summed E-state index contributed by atoms with van der Waals surface area (Å²) in [6.07, 6.45) is 1.02. The van der Waals surface area contributed by atoms with E-state index < -0.39 is 0 Å². The molecule has 0 fully saturated rings. The quantitative estimate of drug-likeness (QED) is 0.631. The average molecular weight is 297 g/mol. The van der Waals surface area contributed by atoms with Crippen LogP contribution in [-0.4, -0.2) is 25.3 Å². The first-order chi connectivity index (χ1) is 10.7. The highest BCUT2D eigenvalue weighted by molar-refractivity contribution is 5.96. The number of carbonyl (C=O) groups excluding carboxylic acids is 2. The Morgan fingerprint density at radius 3 is 2.27 bits per heavy atom. The third-order valence-corrected chi connectivity index (χ3v) is 3.31. The van der Waals surface area contributed by atoms with E-state index in [9.17, 15) is 9.59 Å². The number of ether oxygens (including phenoxy) is 1. The molecule has 0 heterocycles. The van der Waals surface area contributed by atoms with Crippen molar-refractivity contribution in [1.29, 1.82) is 0 Å². The molecule has 2 aromatic carbocycles. The summed E-state index contributed by atoms with van der Waals surface area (Å²) in [7, 11) is 1.59. The predicted molar refractivity (Wildman–Crippen MR) is 85.3 cm³/mol. The largest absolute Gasteiger partial charge is 0.497 e. The molecule has 0 spiro atoms. The van der Waals surface area contributed by atoms with Gasteiger partial charge in [0.2, 0.25) is 0 Å². The van der Waals surface area contributed by atoms with Gasteiger partial charge in [-0.1, -0.05) is 18.2 Å². The lowest BCUT2D eigenvalue weighted by atomic mass is 10.1. The molecular formula is C18H19NO3. The van der Waals surface area contributed by atoms with Gasteiger partial charge in [0.15, 0.2) is 5.78 Å². The standard InChI is InChI=1S/C18H19NO3/c1-22-16-11-9-14(10-12-16)17(20)8-5-13-19-18(21)15-6-3-2-4-7-15/h2-4,6-7,9-12H,5,8,13H2,1H3,(H,19,21). The predicted octanol–water partition coefficient (Wildman–Crippen LogP) is 3.09. The molecule has 2 rings (SSSR count). The molecule has 4 nitrogen and oxygen atoms in total. The molecule has 0 unspecified atom stereocenters. The summed E-state index contributed by atoms with van der Waals surface area (Å²) in [5.74, 6) is 0.681. The first kappa shape index (κ1) is 15.8. The molecule has 2 aromatic rings. The van der Waals surface area contributed by atoms with E-state index in [2.05, 4.69) is 5.32 Å². The van der Waals surface area contributed by atoms with Gasteiger partial charge < -0.3 is 10.1 Å². The third-order valence-electron chi connectivity index (χ3n) is 3.31. The topological polar surface area (TPSA) is 55.4 Å². The highest BCUT2D eigenvalue weighted by atomic mass is 16.5. The molecule has 0 aliphatic rings. The summed E-state index contributed by atoms with van der Waals surface area (Å²) >= 11 is 0. The zero-order chi connectivity index (χ0) is 15.8. The minimum atomic E-state index is -0.113. The van der Waals surface area contributed by atoms with Crippen molar-refractivity contribution in [2.45, 2.75) is 12.8 Å². The van der Waals surface area contributed by atoms with Crippen LogP contribution in [0.25, 0.3) is 0 Å². The van der Waals surface area contributed by atoms with Gasteiger partial charge in [0.25, 0.3) is 5.91 Å². The smallest absolute Gasteiger partial charge is 0.251 e. The van der Waals surface area contributed by atoms with Crippen LogP contribution in [0.1, 0.15) is 33.6 Å². The Balaban J connectivity index is 1.74. The minimum absolute atomic E-state index is 0.0663. The molecule has 0 aliphatic heterocycles. The lowest BCUT2D eigenvalue weighted by molar-refractivity contribution is 0.0938. The van der Waals surface area contributed by atoms with E-state index in [1.165, 1.54) is 0 Å². The highest BCUT2D eigenvalue weighted by Gasteiger charge is 2.07. The number of rotatable bonds is 7. The van der Waals surface area contributed by atoms with Crippen LogP contribution in [0.2, 0.25) is 0 Å². The zero-order valence-corrected chi connectivity index (χ0v) is 12.5. The molecule has 0 saturated heterocycles. The van der Waals surface area contributed by atoms with Crippen LogP contribution in [0.5, 0.6) is 5.75 Å². The second-order valence-electron chi connectivity index (χ2n) is 4.88. The van der Waals surface area contributed by atoms with Crippen LogP contribution in [0, 0.1) is 0 Å². The maximum Gasteiger partial charge on any atom is 0.251 e. The molecule has 114 valence electrons. The molecular weight excluding hydrogens is 278 g/mol. The van der Waals surface area contributed by atoms with E-state index in [-0.39, 0.29) is 11.7 Å². The average Bonchev–Trinajstić information content (AvgIpc) is 2.59. The molecule has 0 saturated carbocycles. The Bertz CT molecular complexity index is 621. The first-order valence-corrected chi connectivity index (χ1v) is 7.21.